The summed E-state index contributed by atoms with van der Waals surface area (Å²) in [5, 5.41) is 0.682. The zero-order valence-electron chi connectivity index (χ0n) is 16.0. The minimum Gasteiger partial charge on any atom is -0.497 e. The first-order chi connectivity index (χ1) is 13.5. The van der Waals surface area contributed by atoms with Crippen LogP contribution in [0.4, 0.5) is 0 Å². The Morgan fingerprint density at radius 2 is 1.75 bits per heavy atom. The van der Waals surface area contributed by atoms with Gasteiger partial charge in [-0.3, -0.25) is 0 Å². The third-order valence-corrected chi connectivity index (χ3v) is 4.40. The number of esters is 1. The molecule has 0 atom stereocenters. The van der Waals surface area contributed by atoms with Crippen LogP contribution in [0, 0.1) is 6.92 Å². The summed E-state index contributed by atoms with van der Waals surface area (Å²) in [6, 6.07) is 10.2. The van der Waals surface area contributed by atoms with Crippen LogP contribution in [0.2, 0.25) is 0 Å². The van der Waals surface area contributed by atoms with Crippen LogP contribution in [0.5, 0.6) is 17.2 Å². The number of hydrogen-bond acceptors (Lipinski definition) is 7. The van der Waals surface area contributed by atoms with Gasteiger partial charge in [0.15, 0.2) is 6.61 Å². The van der Waals surface area contributed by atoms with E-state index >= 15 is 0 Å². The second-order valence-corrected chi connectivity index (χ2v) is 5.98. The molecular formula is C21H20O7. The van der Waals surface area contributed by atoms with Crippen LogP contribution >= 0.6 is 0 Å². The van der Waals surface area contributed by atoms with Gasteiger partial charge >= 0.3 is 11.6 Å². The molecule has 0 saturated heterocycles. The standard InChI is InChI=1S/C21H20O7/c1-12-15-10-14(27-11-19(22)26-4)6-8-18(15)28-21(23)20(12)16-9-13(24-2)5-7-17(16)25-3/h5-10H,11H2,1-4H3. The summed E-state index contributed by atoms with van der Waals surface area (Å²) in [6.45, 7) is 1.60. The number of carbonyl (C=O) groups excluding carboxylic acids is 1. The lowest BCUT2D eigenvalue weighted by atomic mass is 9.98. The maximum atomic E-state index is 12.7. The summed E-state index contributed by atoms with van der Waals surface area (Å²) in [6.07, 6.45) is 0. The van der Waals surface area contributed by atoms with Crippen LogP contribution in [0.1, 0.15) is 5.56 Å². The molecule has 0 radical (unpaired) electrons. The monoisotopic (exact) mass is 384 g/mol. The lowest BCUT2D eigenvalue weighted by Crippen LogP contribution is -2.12. The fraction of sp³-hybridized carbons (Fsp3) is 0.238. The van der Waals surface area contributed by atoms with Crippen molar-refractivity contribution in [1.82, 2.24) is 0 Å². The molecule has 1 heterocycles. The van der Waals surface area contributed by atoms with Crippen LogP contribution in [0.25, 0.3) is 22.1 Å². The molecular weight excluding hydrogens is 364 g/mol. The van der Waals surface area contributed by atoms with E-state index in [1.54, 1.807) is 43.5 Å². The van der Waals surface area contributed by atoms with Crippen molar-refractivity contribution in [2.75, 3.05) is 27.9 Å². The summed E-state index contributed by atoms with van der Waals surface area (Å²) >= 11 is 0. The Bertz CT molecular complexity index is 1080. The maximum absolute atomic E-state index is 12.7. The highest BCUT2D eigenvalue weighted by molar-refractivity contribution is 5.89. The fourth-order valence-electron chi connectivity index (χ4n) is 2.94. The van der Waals surface area contributed by atoms with Gasteiger partial charge in [-0.05, 0) is 48.9 Å². The van der Waals surface area contributed by atoms with Crippen molar-refractivity contribution in [3.63, 3.8) is 0 Å². The minimum atomic E-state index is -0.488. The van der Waals surface area contributed by atoms with Gasteiger partial charge in [-0.15, -0.1) is 0 Å². The van der Waals surface area contributed by atoms with E-state index < -0.39 is 11.6 Å². The number of fused-ring (bicyclic) bond motifs is 1. The van der Waals surface area contributed by atoms with Gasteiger partial charge in [-0.2, -0.15) is 0 Å². The zero-order chi connectivity index (χ0) is 20.3. The highest BCUT2D eigenvalue weighted by atomic mass is 16.6. The largest absolute Gasteiger partial charge is 0.497 e. The molecule has 7 nitrogen and oxygen atoms in total. The Morgan fingerprint density at radius 1 is 1.00 bits per heavy atom. The average molecular weight is 384 g/mol. The van der Waals surface area contributed by atoms with E-state index in [2.05, 4.69) is 4.74 Å². The van der Waals surface area contributed by atoms with Crippen molar-refractivity contribution < 1.29 is 28.2 Å². The highest BCUT2D eigenvalue weighted by Gasteiger charge is 2.18. The number of hydrogen-bond donors (Lipinski definition) is 0. The first-order valence-electron chi connectivity index (χ1n) is 8.48. The van der Waals surface area contributed by atoms with Gasteiger partial charge in [0.25, 0.3) is 0 Å². The van der Waals surface area contributed by atoms with Crippen LogP contribution in [-0.2, 0) is 9.53 Å². The summed E-state index contributed by atoms with van der Waals surface area (Å²) in [5.41, 5.74) is 1.56. The molecule has 0 aliphatic carbocycles. The molecule has 0 N–H and O–H groups in total. The zero-order valence-corrected chi connectivity index (χ0v) is 16.0. The molecule has 0 unspecified atom stereocenters. The maximum Gasteiger partial charge on any atom is 0.344 e. The summed E-state index contributed by atoms with van der Waals surface area (Å²) in [5.74, 6) is 1.08. The van der Waals surface area contributed by atoms with Crippen molar-refractivity contribution in [2.24, 2.45) is 0 Å². The quantitative estimate of drug-likeness (QED) is 0.476. The molecule has 0 aliphatic rings. The molecule has 0 amide bonds. The van der Waals surface area contributed by atoms with Gasteiger partial charge in [-0.25, -0.2) is 9.59 Å². The predicted octanol–water partition coefficient (Wildman–Crippen LogP) is 3.34. The molecule has 146 valence electrons. The van der Waals surface area contributed by atoms with Gasteiger partial charge in [0.2, 0.25) is 0 Å². The first-order valence-corrected chi connectivity index (χ1v) is 8.48. The number of ether oxygens (including phenoxy) is 4. The average Bonchev–Trinajstić information content (AvgIpc) is 2.72. The molecule has 7 heteroatoms. The first kappa shape index (κ1) is 19.3. The highest BCUT2D eigenvalue weighted by Crippen LogP contribution is 2.36. The van der Waals surface area contributed by atoms with Crippen molar-refractivity contribution in [1.29, 1.82) is 0 Å². The molecule has 0 bridgehead atoms. The second-order valence-electron chi connectivity index (χ2n) is 5.98. The lowest BCUT2D eigenvalue weighted by Gasteiger charge is -2.13. The Kier molecular flexibility index (Phi) is 5.54. The van der Waals surface area contributed by atoms with Crippen LogP contribution in [0.15, 0.2) is 45.6 Å². The molecule has 0 spiro atoms. The molecule has 1 aromatic heterocycles. The number of benzene rings is 2. The fourth-order valence-corrected chi connectivity index (χ4v) is 2.94. The normalized spacial score (nSPS) is 10.6. The van der Waals surface area contributed by atoms with E-state index in [1.807, 2.05) is 6.92 Å². The van der Waals surface area contributed by atoms with Crippen molar-refractivity contribution in [2.45, 2.75) is 6.92 Å². The molecule has 0 fully saturated rings. The van der Waals surface area contributed by atoms with Crippen LogP contribution in [-0.4, -0.2) is 33.9 Å². The molecule has 28 heavy (non-hydrogen) atoms. The van der Waals surface area contributed by atoms with Crippen molar-refractivity contribution in [3.05, 3.63) is 52.4 Å². The van der Waals surface area contributed by atoms with Crippen molar-refractivity contribution in [3.8, 4) is 28.4 Å². The predicted molar refractivity (Wildman–Crippen MR) is 103 cm³/mol. The summed E-state index contributed by atoms with van der Waals surface area (Å²) in [4.78, 5) is 24.0. The smallest absolute Gasteiger partial charge is 0.344 e. The van der Waals surface area contributed by atoms with E-state index in [-0.39, 0.29) is 6.61 Å². The van der Waals surface area contributed by atoms with Gasteiger partial charge < -0.3 is 23.4 Å². The number of methoxy groups -OCH3 is 3. The Morgan fingerprint density at radius 3 is 2.43 bits per heavy atom. The van der Waals surface area contributed by atoms with E-state index in [4.69, 9.17) is 18.6 Å². The summed E-state index contributed by atoms with van der Waals surface area (Å²) < 4.78 is 26.2. The van der Waals surface area contributed by atoms with E-state index in [0.717, 1.165) is 0 Å². The van der Waals surface area contributed by atoms with E-state index in [9.17, 15) is 9.59 Å². The molecule has 0 saturated carbocycles. The second kappa shape index (κ2) is 8.04. The van der Waals surface area contributed by atoms with Gasteiger partial charge in [0.1, 0.15) is 22.8 Å². The number of rotatable bonds is 6. The van der Waals surface area contributed by atoms with E-state index in [1.165, 1.54) is 14.2 Å². The third-order valence-electron chi connectivity index (χ3n) is 4.40. The van der Waals surface area contributed by atoms with E-state index in [0.29, 0.717) is 44.9 Å². The molecule has 3 rings (SSSR count). The number of carbonyl (C=O) groups is 1. The van der Waals surface area contributed by atoms with Crippen LogP contribution in [0.3, 0.4) is 0 Å². The molecule has 0 aliphatic heterocycles. The molecule has 3 aromatic rings. The Labute approximate surface area is 161 Å². The lowest BCUT2D eigenvalue weighted by molar-refractivity contribution is -0.142. The van der Waals surface area contributed by atoms with Gasteiger partial charge in [-0.1, -0.05) is 0 Å². The molecule has 2 aromatic carbocycles. The summed E-state index contributed by atoms with van der Waals surface area (Å²) in [7, 11) is 4.37. The van der Waals surface area contributed by atoms with Gasteiger partial charge in [0, 0.05) is 10.9 Å². The Hall–Kier alpha value is -3.48. The van der Waals surface area contributed by atoms with Crippen molar-refractivity contribution >= 4 is 16.9 Å². The topological polar surface area (TPSA) is 84.2 Å². The SMILES string of the molecule is COC(=O)COc1ccc2oc(=O)c(-c3cc(OC)ccc3OC)c(C)c2c1. The minimum absolute atomic E-state index is 0.214. The van der Waals surface area contributed by atoms with Gasteiger partial charge in [0.05, 0.1) is 26.9 Å². The van der Waals surface area contributed by atoms with Crippen LogP contribution < -0.4 is 19.8 Å². The number of aryl methyl sites for hydroxylation is 1. The third kappa shape index (κ3) is 3.64. The Balaban J connectivity index is 2.16.